The van der Waals surface area contributed by atoms with Gasteiger partial charge in [0, 0.05) is 28.2 Å². The molecule has 0 fully saturated rings. The zero-order valence-electron chi connectivity index (χ0n) is 11.7. The molecule has 0 spiro atoms. The van der Waals surface area contributed by atoms with Gasteiger partial charge in [0.1, 0.15) is 0 Å². The largest absolute Gasteiger partial charge is 0.399 e. The summed E-state index contributed by atoms with van der Waals surface area (Å²) in [5.41, 5.74) is 7.53. The van der Waals surface area contributed by atoms with E-state index in [0.717, 1.165) is 11.4 Å². The second-order valence-electron chi connectivity index (χ2n) is 4.78. The minimum Gasteiger partial charge on any atom is -0.399 e. The van der Waals surface area contributed by atoms with Gasteiger partial charge in [-0.2, -0.15) is 0 Å². The smallest absolute Gasteiger partial charge is 0.0592 e. The van der Waals surface area contributed by atoms with Crippen LogP contribution in [0.4, 0.5) is 0 Å². The maximum Gasteiger partial charge on any atom is 0.0592 e. The number of benzene rings is 2. The molecule has 0 unspecified atom stereocenters. The van der Waals surface area contributed by atoms with E-state index in [4.69, 9.17) is 5.73 Å². The fourth-order valence-corrected chi connectivity index (χ4v) is 4.51. The van der Waals surface area contributed by atoms with Gasteiger partial charge in [-0.3, -0.25) is 0 Å². The van der Waals surface area contributed by atoms with Crippen LogP contribution in [0.5, 0.6) is 0 Å². The average molecular weight is 292 g/mol. The molecule has 0 aromatic heterocycles. The number of nitrogens with zero attached hydrogens (tertiary/aromatic N) is 1. The van der Waals surface area contributed by atoms with Gasteiger partial charge in [-0.05, 0) is 12.2 Å². The lowest BCUT2D eigenvalue weighted by molar-refractivity contribution is 0.775. The molecule has 1 heterocycles. The van der Waals surface area contributed by atoms with Crippen molar-refractivity contribution in [3.8, 4) is 0 Å². The first-order valence-corrected chi connectivity index (χ1v) is 8.09. The molecule has 3 heteroatoms. The fraction of sp³-hybridized carbons (Fsp3) is 0. The second kappa shape index (κ2) is 5.99. The minimum atomic E-state index is -0.681. The summed E-state index contributed by atoms with van der Waals surface area (Å²) in [5.74, 6) is 0. The molecule has 104 valence electrons. The quantitative estimate of drug-likeness (QED) is 0.880. The molecule has 0 amide bonds. The van der Waals surface area contributed by atoms with E-state index in [1.165, 1.54) is 10.6 Å². The van der Waals surface area contributed by atoms with E-state index >= 15 is 0 Å². The molecule has 0 aliphatic carbocycles. The Morgan fingerprint density at radius 1 is 0.857 bits per heavy atom. The lowest BCUT2D eigenvalue weighted by Crippen LogP contribution is -2.25. The van der Waals surface area contributed by atoms with Crippen molar-refractivity contribution in [2.45, 2.75) is 0 Å². The summed E-state index contributed by atoms with van der Waals surface area (Å²) >= 11 is 0. The standard InChI is InChI=1S/C18H17N2P/c1-15-14-16(19)12-13-20(15)21(17-8-4-2-5-9-17)18-10-6-3-7-11-18/h2-14H,1,19H2. The Morgan fingerprint density at radius 3 is 1.86 bits per heavy atom. The Hall–Kier alpha value is -2.31. The van der Waals surface area contributed by atoms with E-state index in [2.05, 4.69) is 59.8 Å². The van der Waals surface area contributed by atoms with E-state index in [9.17, 15) is 0 Å². The van der Waals surface area contributed by atoms with Crippen molar-refractivity contribution in [1.82, 2.24) is 4.67 Å². The number of rotatable bonds is 3. The third-order valence-corrected chi connectivity index (χ3v) is 5.65. The third-order valence-electron chi connectivity index (χ3n) is 3.25. The van der Waals surface area contributed by atoms with Gasteiger partial charge >= 0.3 is 0 Å². The molecule has 0 saturated heterocycles. The van der Waals surface area contributed by atoms with Crippen LogP contribution >= 0.6 is 8.07 Å². The molecule has 2 aromatic carbocycles. The Labute approximate surface area is 126 Å². The van der Waals surface area contributed by atoms with Crippen LogP contribution in [-0.4, -0.2) is 4.67 Å². The summed E-state index contributed by atoms with van der Waals surface area (Å²) in [6, 6.07) is 21.1. The normalized spacial score (nSPS) is 14.4. The highest BCUT2D eigenvalue weighted by atomic mass is 31.1. The Kier molecular flexibility index (Phi) is 3.89. The van der Waals surface area contributed by atoms with Crippen molar-refractivity contribution < 1.29 is 0 Å². The molecular formula is C18H17N2P. The summed E-state index contributed by atoms with van der Waals surface area (Å²) in [5, 5.41) is 2.58. The Balaban J connectivity index is 2.06. The fourth-order valence-electron chi connectivity index (χ4n) is 2.29. The van der Waals surface area contributed by atoms with Crippen molar-refractivity contribution in [1.29, 1.82) is 0 Å². The summed E-state index contributed by atoms with van der Waals surface area (Å²) in [4.78, 5) is 0. The number of hydrogen-bond acceptors (Lipinski definition) is 2. The highest BCUT2D eigenvalue weighted by molar-refractivity contribution is 7.71. The second-order valence-corrected chi connectivity index (χ2v) is 6.87. The zero-order valence-corrected chi connectivity index (χ0v) is 12.6. The van der Waals surface area contributed by atoms with Crippen LogP contribution in [0, 0.1) is 0 Å². The molecule has 2 N–H and O–H groups in total. The lowest BCUT2D eigenvalue weighted by atomic mass is 10.3. The van der Waals surface area contributed by atoms with E-state index < -0.39 is 8.07 Å². The monoisotopic (exact) mass is 292 g/mol. The number of allylic oxidation sites excluding steroid dienone is 2. The minimum absolute atomic E-state index is 0.681. The zero-order chi connectivity index (χ0) is 14.7. The van der Waals surface area contributed by atoms with Crippen molar-refractivity contribution in [2.24, 2.45) is 5.73 Å². The topological polar surface area (TPSA) is 29.3 Å². The maximum atomic E-state index is 5.86. The predicted octanol–water partition coefficient (Wildman–Crippen LogP) is 3.22. The van der Waals surface area contributed by atoms with Crippen LogP contribution < -0.4 is 16.3 Å². The molecule has 1 aliphatic rings. The highest BCUT2D eigenvalue weighted by Crippen LogP contribution is 2.42. The molecule has 1 aliphatic heterocycles. The summed E-state index contributed by atoms with van der Waals surface area (Å²) in [6.07, 6.45) is 5.88. The first kappa shape index (κ1) is 13.7. The average Bonchev–Trinajstić information content (AvgIpc) is 2.52. The van der Waals surface area contributed by atoms with Gasteiger partial charge in [0.15, 0.2) is 0 Å². The van der Waals surface area contributed by atoms with Gasteiger partial charge in [-0.25, -0.2) is 0 Å². The highest BCUT2D eigenvalue weighted by Gasteiger charge is 2.22. The van der Waals surface area contributed by atoms with Gasteiger partial charge in [-0.15, -0.1) is 0 Å². The van der Waals surface area contributed by atoms with Crippen molar-refractivity contribution in [3.63, 3.8) is 0 Å². The van der Waals surface area contributed by atoms with Crippen LogP contribution in [0.25, 0.3) is 0 Å². The van der Waals surface area contributed by atoms with Crippen LogP contribution in [-0.2, 0) is 0 Å². The van der Waals surface area contributed by atoms with Crippen molar-refractivity contribution >= 4 is 18.7 Å². The van der Waals surface area contributed by atoms with Gasteiger partial charge in [0.05, 0.1) is 8.07 Å². The number of nitrogens with two attached hydrogens (primary N) is 1. The Morgan fingerprint density at radius 2 is 1.38 bits per heavy atom. The van der Waals surface area contributed by atoms with Crippen LogP contribution in [0.3, 0.4) is 0 Å². The van der Waals surface area contributed by atoms with E-state index in [0.29, 0.717) is 0 Å². The van der Waals surface area contributed by atoms with Crippen LogP contribution in [0.1, 0.15) is 0 Å². The first-order valence-electron chi connectivity index (χ1n) is 6.79. The molecule has 0 radical (unpaired) electrons. The molecular weight excluding hydrogens is 275 g/mol. The SMILES string of the molecule is C=C1C=C(N)C=CN1P(c1ccccc1)c1ccccc1. The first-order chi connectivity index (χ1) is 10.3. The third kappa shape index (κ3) is 2.91. The van der Waals surface area contributed by atoms with Crippen LogP contribution in [0.15, 0.2) is 97.0 Å². The predicted molar refractivity (Wildman–Crippen MR) is 91.5 cm³/mol. The Bertz CT molecular complexity index is 650. The van der Waals surface area contributed by atoms with Gasteiger partial charge in [-0.1, -0.05) is 67.2 Å². The molecule has 3 rings (SSSR count). The van der Waals surface area contributed by atoms with Crippen molar-refractivity contribution in [2.75, 3.05) is 0 Å². The van der Waals surface area contributed by atoms with E-state index in [-0.39, 0.29) is 0 Å². The van der Waals surface area contributed by atoms with E-state index in [1.807, 2.05) is 30.5 Å². The maximum absolute atomic E-state index is 5.86. The summed E-state index contributed by atoms with van der Waals surface area (Å²) in [7, 11) is -0.681. The molecule has 2 nitrogen and oxygen atoms in total. The van der Waals surface area contributed by atoms with Crippen molar-refractivity contribution in [3.05, 3.63) is 97.0 Å². The lowest BCUT2D eigenvalue weighted by Gasteiger charge is -2.33. The van der Waals surface area contributed by atoms with Gasteiger partial charge in [0.2, 0.25) is 0 Å². The summed E-state index contributed by atoms with van der Waals surface area (Å²) in [6.45, 7) is 4.15. The molecule has 0 bridgehead atoms. The van der Waals surface area contributed by atoms with Crippen LogP contribution in [0.2, 0.25) is 0 Å². The molecule has 0 saturated carbocycles. The van der Waals surface area contributed by atoms with Gasteiger partial charge < -0.3 is 10.4 Å². The molecule has 0 atom stereocenters. The molecule has 2 aromatic rings. The molecule has 21 heavy (non-hydrogen) atoms. The number of hydrogen-bond donors (Lipinski definition) is 1. The van der Waals surface area contributed by atoms with Gasteiger partial charge in [0.25, 0.3) is 0 Å². The van der Waals surface area contributed by atoms with E-state index in [1.54, 1.807) is 0 Å². The summed E-state index contributed by atoms with van der Waals surface area (Å²) < 4.78 is 2.22.